The molecule has 0 atom stereocenters. The van der Waals surface area contributed by atoms with Crippen molar-refractivity contribution in [3.63, 3.8) is 0 Å². The summed E-state index contributed by atoms with van der Waals surface area (Å²) in [7, 11) is 3.29. The molecule has 0 fully saturated rings. The van der Waals surface area contributed by atoms with Crippen molar-refractivity contribution in [2.45, 2.75) is 0 Å². The molecule has 1 aromatic carbocycles. The van der Waals surface area contributed by atoms with Crippen LogP contribution in [0.15, 0.2) is 23.2 Å². The number of rotatable bonds is 2. The van der Waals surface area contributed by atoms with Crippen molar-refractivity contribution >= 4 is 12.2 Å². The van der Waals surface area contributed by atoms with E-state index in [1.54, 1.807) is 14.1 Å². The van der Waals surface area contributed by atoms with Crippen LogP contribution in [0.4, 0.5) is 8.78 Å². The number of benzene rings is 1. The first kappa shape index (κ1) is 11.3. The van der Waals surface area contributed by atoms with Crippen molar-refractivity contribution in [2.24, 2.45) is 4.99 Å². The van der Waals surface area contributed by atoms with E-state index < -0.39 is 23.1 Å². The Hall–Kier alpha value is -1.78. The second kappa shape index (κ2) is 4.63. The first-order valence-electron chi connectivity index (χ1n) is 4.21. The molecule has 0 saturated carbocycles. The SMILES string of the molecule is CN(C)C=NC(=O)c1c(F)cccc1F. The number of carbonyl (C=O) groups is 1. The van der Waals surface area contributed by atoms with Crippen LogP contribution < -0.4 is 0 Å². The summed E-state index contributed by atoms with van der Waals surface area (Å²) in [5.74, 6) is -2.74. The lowest BCUT2D eigenvalue weighted by Gasteiger charge is -2.02. The van der Waals surface area contributed by atoms with Crippen LogP contribution in [0, 0.1) is 11.6 Å². The van der Waals surface area contributed by atoms with Crippen LogP contribution in [0.2, 0.25) is 0 Å². The van der Waals surface area contributed by atoms with Gasteiger partial charge in [-0.05, 0) is 12.1 Å². The number of halogens is 2. The Morgan fingerprint density at radius 1 is 1.33 bits per heavy atom. The van der Waals surface area contributed by atoms with Gasteiger partial charge in [0.05, 0.1) is 6.34 Å². The number of hydrogen-bond donors (Lipinski definition) is 0. The molecule has 0 saturated heterocycles. The van der Waals surface area contributed by atoms with Gasteiger partial charge in [-0.15, -0.1) is 0 Å². The average Bonchev–Trinajstić information content (AvgIpc) is 2.14. The minimum Gasteiger partial charge on any atom is -0.369 e. The van der Waals surface area contributed by atoms with Crippen LogP contribution >= 0.6 is 0 Å². The second-order valence-electron chi connectivity index (χ2n) is 3.11. The summed E-state index contributed by atoms with van der Waals surface area (Å²) in [6.07, 6.45) is 1.19. The first-order chi connectivity index (χ1) is 7.02. The fraction of sp³-hybridized carbons (Fsp3) is 0.200. The van der Waals surface area contributed by atoms with Crippen molar-refractivity contribution in [2.75, 3.05) is 14.1 Å². The molecule has 0 aliphatic heterocycles. The Balaban J connectivity index is 3.01. The first-order valence-corrected chi connectivity index (χ1v) is 4.21. The molecule has 0 radical (unpaired) electrons. The number of nitrogens with zero attached hydrogens (tertiary/aromatic N) is 2. The number of hydrogen-bond acceptors (Lipinski definition) is 1. The molecule has 0 aliphatic carbocycles. The smallest absolute Gasteiger partial charge is 0.284 e. The molecule has 15 heavy (non-hydrogen) atoms. The topological polar surface area (TPSA) is 32.7 Å². The molecule has 80 valence electrons. The summed E-state index contributed by atoms with van der Waals surface area (Å²) in [5.41, 5.74) is -0.629. The summed E-state index contributed by atoms with van der Waals surface area (Å²) in [6.45, 7) is 0. The minimum atomic E-state index is -0.931. The third kappa shape index (κ3) is 2.83. The van der Waals surface area contributed by atoms with Gasteiger partial charge in [0.1, 0.15) is 17.2 Å². The zero-order valence-electron chi connectivity index (χ0n) is 8.37. The van der Waals surface area contributed by atoms with E-state index in [0.717, 1.165) is 12.1 Å². The van der Waals surface area contributed by atoms with Crippen LogP contribution in [-0.2, 0) is 0 Å². The van der Waals surface area contributed by atoms with Crippen molar-refractivity contribution in [1.82, 2.24) is 4.90 Å². The summed E-state index contributed by atoms with van der Waals surface area (Å²) in [4.78, 5) is 16.2. The molecule has 0 spiro atoms. The maximum absolute atomic E-state index is 13.1. The number of aliphatic imine (C=N–C) groups is 1. The van der Waals surface area contributed by atoms with E-state index in [-0.39, 0.29) is 0 Å². The lowest BCUT2D eigenvalue weighted by molar-refractivity contribution is 0.0994. The Morgan fingerprint density at radius 2 is 1.87 bits per heavy atom. The quantitative estimate of drug-likeness (QED) is 0.552. The highest BCUT2D eigenvalue weighted by atomic mass is 19.1. The molecule has 3 nitrogen and oxygen atoms in total. The molecule has 0 aromatic heterocycles. The van der Waals surface area contributed by atoms with Gasteiger partial charge >= 0.3 is 0 Å². The van der Waals surface area contributed by atoms with Gasteiger partial charge in [-0.25, -0.2) is 8.78 Å². The summed E-state index contributed by atoms with van der Waals surface area (Å²) >= 11 is 0. The lowest BCUT2D eigenvalue weighted by Crippen LogP contribution is -2.11. The maximum atomic E-state index is 13.1. The Kier molecular flexibility index (Phi) is 3.49. The third-order valence-corrected chi connectivity index (χ3v) is 1.58. The van der Waals surface area contributed by atoms with Crippen LogP contribution in [0.5, 0.6) is 0 Å². The van der Waals surface area contributed by atoms with E-state index in [4.69, 9.17) is 0 Å². The van der Waals surface area contributed by atoms with Gasteiger partial charge in [0.2, 0.25) is 0 Å². The average molecular weight is 212 g/mol. The highest BCUT2D eigenvalue weighted by molar-refractivity contribution is 5.99. The zero-order valence-corrected chi connectivity index (χ0v) is 8.37. The molecule has 0 aliphatic rings. The molecule has 5 heteroatoms. The van der Waals surface area contributed by atoms with E-state index in [1.165, 1.54) is 17.3 Å². The summed E-state index contributed by atoms with van der Waals surface area (Å²) < 4.78 is 26.2. The van der Waals surface area contributed by atoms with E-state index in [9.17, 15) is 13.6 Å². The molecule has 1 amide bonds. The fourth-order valence-electron chi connectivity index (χ4n) is 0.935. The van der Waals surface area contributed by atoms with Gasteiger partial charge < -0.3 is 4.90 Å². The van der Waals surface area contributed by atoms with Gasteiger partial charge in [0.15, 0.2) is 0 Å². The third-order valence-electron chi connectivity index (χ3n) is 1.58. The van der Waals surface area contributed by atoms with Gasteiger partial charge in [0.25, 0.3) is 5.91 Å². The normalized spacial score (nSPS) is 10.7. The van der Waals surface area contributed by atoms with Gasteiger partial charge in [-0.3, -0.25) is 4.79 Å². The van der Waals surface area contributed by atoms with Crippen molar-refractivity contribution in [3.8, 4) is 0 Å². The minimum absolute atomic E-state index is 0.629. The highest BCUT2D eigenvalue weighted by Gasteiger charge is 2.15. The van der Waals surface area contributed by atoms with Crippen LogP contribution in [-0.4, -0.2) is 31.2 Å². The second-order valence-corrected chi connectivity index (χ2v) is 3.11. The van der Waals surface area contributed by atoms with Crippen LogP contribution in [0.25, 0.3) is 0 Å². The fourth-order valence-corrected chi connectivity index (χ4v) is 0.935. The summed E-state index contributed by atoms with van der Waals surface area (Å²) in [6, 6.07) is 3.22. The Bertz CT molecular complexity index is 382. The van der Waals surface area contributed by atoms with E-state index in [2.05, 4.69) is 4.99 Å². The largest absolute Gasteiger partial charge is 0.369 e. The molecule has 1 rings (SSSR count). The van der Waals surface area contributed by atoms with Crippen molar-refractivity contribution in [1.29, 1.82) is 0 Å². The Labute approximate surface area is 86.0 Å². The highest BCUT2D eigenvalue weighted by Crippen LogP contribution is 2.12. The zero-order chi connectivity index (χ0) is 11.4. The molecule has 0 heterocycles. The van der Waals surface area contributed by atoms with E-state index >= 15 is 0 Å². The molecule has 0 unspecified atom stereocenters. The van der Waals surface area contributed by atoms with Gasteiger partial charge in [0, 0.05) is 14.1 Å². The van der Waals surface area contributed by atoms with Gasteiger partial charge in [-0.2, -0.15) is 4.99 Å². The molecular formula is C10H10F2N2O. The predicted octanol–water partition coefficient (Wildman–Crippen LogP) is 1.69. The number of carbonyl (C=O) groups excluding carboxylic acids is 1. The number of amides is 1. The molecule has 0 N–H and O–H groups in total. The lowest BCUT2D eigenvalue weighted by atomic mass is 10.2. The van der Waals surface area contributed by atoms with Crippen molar-refractivity contribution < 1.29 is 13.6 Å². The molecular weight excluding hydrogens is 202 g/mol. The summed E-state index contributed by atoms with van der Waals surface area (Å²) in [5, 5.41) is 0. The predicted molar refractivity (Wildman–Crippen MR) is 52.9 cm³/mol. The van der Waals surface area contributed by atoms with Crippen molar-refractivity contribution in [3.05, 3.63) is 35.4 Å². The van der Waals surface area contributed by atoms with E-state index in [0.29, 0.717) is 0 Å². The van der Waals surface area contributed by atoms with Crippen LogP contribution in [0.3, 0.4) is 0 Å². The monoisotopic (exact) mass is 212 g/mol. The van der Waals surface area contributed by atoms with E-state index in [1.807, 2.05) is 0 Å². The maximum Gasteiger partial charge on any atom is 0.284 e. The van der Waals surface area contributed by atoms with Crippen LogP contribution in [0.1, 0.15) is 10.4 Å². The Morgan fingerprint density at radius 3 is 2.33 bits per heavy atom. The molecule has 1 aromatic rings. The molecule has 0 bridgehead atoms. The standard InChI is InChI=1S/C10H10F2N2O/c1-14(2)6-13-10(15)9-7(11)4-3-5-8(9)12/h3-6H,1-2H3. The van der Waals surface area contributed by atoms with Gasteiger partial charge in [-0.1, -0.05) is 6.07 Å².